The monoisotopic (exact) mass is 310 g/mol. The summed E-state index contributed by atoms with van der Waals surface area (Å²) in [6.45, 7) is 0. The van der Waals surface area contributed by atoms with Crippen LogP contribution in [0.1, 0.15) is 10.4 Å². The third-order valence-electron chi connectivity index (χ3n) is 3.50. The van der Waals surface area contributed by atoms with Crippen LogP contribution in [0.4, 0.5) is 5.69 Å². The molecule has 1 heterocycles. The summed E-state index contributed by atoms with van der Waals surface area (Å²) < 4.78 is 0. The quantitative estimate of drug-likeness (QED) is 0.570. The number of fused-ring (bicyclic) bond motifs is 1. The Hall–Kier alpha value is -3.48. The van der Waals surface area contributed by atoms with Crippen molar-refractivity contribution < 1.29 is 14.8 Å². The van der Waals surface area contributed by atoms with Crippen LogP contribution in [0.3, 0.4) is 0 Å². The predicted molar refractivity (Wildman–Crippen MR) is 83.6 cm³/mol. The minimum Gasteiger partial charge on any atom is -0.478 e. The predicted octanol–water partition coefficient (Wildman–Crippen LogP) is 2.80. The highest BCUT2D eigenvalue weighted by molar-refractivity contribution is 5.91. The van der Waals surface area contributed by atoms with E-state index in [9.17, 15) is 19.7 Å². The van der Waals surface area contributed by atoms with E-state index in [0.717, 1.165) is 0 Å². The van der Waals surface area contributed by atoms with Crippen LogP contribution in [-0.4, -0.2) is 21.0 Å². The number of nitrogens with zero attached hydrogens (tertiary/aromatic N) is 1. The third-order valence-corrected chi connectivity index (χ3v) is 3.50. The van der Waals surface area contributed by atoms with Gasteiger partial charge in [-0.1, -0.05) is 24.3 Å². The number of aromatic nitrogens is 1. The number of H-pyrrole nitrogens is 1. The zero-order valence-electron chi connectivity index (χ0n) is 11.6. The van der Waals surface area contributed by atoms with Crippen molar-refractivity contribution in [1.82, 2.24) is 4.98 Å². The molecule has 0 spiro atoms. The standard InChI is InChI=1S/C16H10N2O5/c19-15-12(9-4-6-10(7-5-9)16(20)21)8-11-2-1-3-13(18(22)23)14(11)17-15/h1-8H,(H,17,19)(H,20,21). The minimum atomic E-state index is -1.06. The van der Waals surface area contributed by atoms with Gasteiger partial charge in [0.15, 0.2) is 0 Å². The van der Waals surface area contributed by atoms with E-state index in [4.69, 9.17) is 5.11 Å². The van der Waals surface area contributed by atoms with Gasteiger partial charge in [0, 0.05) is 17.0 Å². The molecule has 3 rings (SSSR count). The van der Waals surface area contributed by atoms with Crippen molar-refractivity contribution in [2.75, 3.05) is 0 Å². The molecule has 0 aliphatic carbocycles. The van der Waals surface area contributed by atoms with E-state index in [1.807, 2.05) is 0 Å². The molecule has 7 nitrogen and oxygen atoms in total. The first-order chi connectivity index (χ1) is 11.0. The van der Waals surface area contributed by atoms with Crippen molar-refractivity contribution in [3.05, 3.63) is 74.6 Å². The van der Waals surface area contributed by atoms with Crippen LogP contribution in [0.2, 0.25) is 0 Å². The number of benzene rings is 2. The van der Waals surface area contributed by atoms with Crippen LogP contribution in [0.25, 0.3) is 22.0 Å². The first-order valence-electron chi connectivity index (χ1n) is 6.61. The number of aromatic carboxylic acids is 1. The lowest BCUT2D eigenvalue weighted by atomic mass is 10.0. The number of carbonyl (C=O) groups is 1. The summed E-state index contributed by atoms with van der Waals surface area (Å²) in [5, 5.41) is 20.4. The molecule has 23 heavy (non-hydrogen) atoms. The number of hydrogen-bond donors (Lipinski definition) is 2. The number of carboxylic acids is 1. The molecule has 0 radical (unpaired) electrons. The highest BCUT2D eigenvalue weighted by Crippen LogP contribution is 2.25. The van der Waals surface area contributed by atoms with E-state index in [1.165, 1.54) is 36.4 Å². The van der Waals surface area contributed by atoms with Crippen molar-refractivity contribution >= 4 is 22.6 Å². The second-order valence-electron chi connectivity index (χ2n) is 4.89. The second kappa shape index (κ2) is 5.38. The molecule has 7 heteroatoms. The highest BCUT2D eigenvalue weighted by Gasteiger charge is 2.14. The summed E-state index contributed by atoms with van der Waals surface area (Å²) in [6, 6.07) is 11.9. The van der Waals surface area contributed by atoms with Gasteiger partial charge < -0.3 is 10.1 Å². The van der Waals surface area contributed by atoms with Crippen LogP contribution in [-0.2, 0) is 0 Å². The average molecular weight is 310 g/mol. The topological polar surface area (TPSA) is 113 Å². The molecule has 2 N–H and O–H groups in total. The Kier molecular flexibility index (Phi) is 3.38. The molecule has 0 unspecified atom stereocenters. The molecule has 1 aromatic heterocycles. The molecule has 0 aliphatic heterocycles. The molecule has 0 atom stereocenters. The molecule has 2 aromatic carbocycles. The fraction of sp³-hybridized carbons (Fsp3) is 0. The number of nitro benzene ring substituents is 1. The van der Waals surface area contributed by atoms with E-state index < -0.39 is 16.5 Å². The number of carboxylic acid groups (broad SMARTS) is 1. The summed E-state index contributed by atoms with van der Waals surface area (Å²) in [5.41, 5.74) is 0.469. The Labute approximate surface area is 129 Å². The molecule has 0 aliphatic rings. The van der Waals surface area contributed by atoms with Gasteiger partial charge in [-0.3, -0.25) is 14.9 Å². The maximum atomic E-state index is 12.2. The Balaban J connectivity index is 2.19. The molecule has 3 aromatic rings. The Morgan fingerprint density at radius 3 is 2.43 bits per heavy atom. The summed E-state index contributed by atoms with van der Waals surface area (Å²) in [6.07, 6.45) is 0. The fourth-order valence-electron chi connectivity index (χ4n) is 2.37. The number of aromatic amines is 1. The van der Waals surface area contributed by atoms with E-state index in [1.54, 1.807) is 12.1 Å². The lowest BCUT2D eigenvalue weighted by Gasteiger charge is -2.05. The third kappa shape index (κ3) is 2.55. The zero-order valence-corrected chi connectivity index (χ0v) is 11.6. The molecule has 0 saturated carbocycles. The molecule has 0 saturated heterocycles. The van der Waals surface area contributed by atoms with Crippen LogP contribution >= 0.6 is 0 Å². The van der Waals surface area contributed by atoms with Gasteiger partial charge in [-0.25, -0.2) is 4.79 Å². The average Bonchev–Trinajstić information content (AvgIpc) is 2.53. The lowest BCUT2D eigenvalue weighted by molar-refractivity contribution is -0.383. The van der Waals surface area contributed by atoms with Crippen molar-refractivity contribution in [3.63, 3.8) is 0 Å². The molecular weight excluding hydrogens is 300 g/mol. The smallest absolute Gasteiger partial charge is 0.335 e. The number of hydrogen-bond acceptors (Lipinski definition) is 4. The summed E-state index contributed by atoms with van der Waals surface area (Å²) in [5.74, 6) is -1.06. The Morgan fingerprint density at radius 1 is 1.13 bits per heavy atom. The second-order valence-corrected chi connectivity index (χ2v) is 4.89. The maximum absolute atomic E-state index is 12.2. The molecule has 0 fully saturated rings. The van der Waals surface area contributed by atoms with Gasteiger partial charge in [0.1, 0.15) is 5.52 Å². The Bertz CT molecular complexity index is 990. The minimum absolute atomic E-state index is 0.113. The van der Waals surface area contributed by atoms with Gasteiger partial charge in [-0.2, -0.15) is 0 Å². The van der Waals surface area contributed by atoms with Crippen molar-refractivity contribution in [2.24, 2.45) is 0 Å². The van der Waals surface area contributed by atoms with E-state index in [-0.39, 0.29) is 16.8 Å². The number of pyridine rings is 1. The largest absolute Gasteiger partial charge is 0.478 e. The fourth-order valence-corrected chi connectivity index (χ4v) is 2.37. The number of nitro groups is 1. The lowest BCUT2D eigenvalue weighted by Crippen LogP contribution is -2.09. The van der Waals surface area contributed by atoms with Crippen molar-refractivity contribution in [2.45, 2.75) is 0 Å². The van der Waals surface area contributed by atoms with Gasteiger partial charge >= 0.3 is 5.97 Å². The van der Waals surface area contributed by atoms with Crippen molar-refractivity contribution in [3.8, 4) is 11.1 Å². The van der Waals surface area contributed by atoms with Gasteiger partial charge in [0.2, 0.25) is 0 Å². The Morgan fingerprint density at radius 2 is 1.83 bits per heavy atom. The summed E-state index contributed by atoms with van der Waals surface area (Å²) in [7, 11) is 0. The van der Waals surface area contributed by atoms with E-state index >= 15 is 0 Å². The number of rotatable bonds is 3. The van der Waals surface area contributed by atoms with Crippen LogP contribution in [0.5, 0.6) is 0 Å². The van der Waals surface area contributed by atoms with Gasteiger partial charge in [0.05, 0.1) is 10.5 Å². The summed E-state index contributed by atoms with van der Waals surface area (Å²) >= 11 is 0. The zero-order chi connectivity index (χ0) is 16.6. The first-order valence-corrected chi connectivity index (χ1v) is 6.61. The highest BCUT2D eigenvalue weighted by atomic mass is 16.6. The molecule has 0 bridgehead atoms. The van der Waals surface area contributed by atoms with Gasteiger partial charge in [-0.15, -0.1) is 0 Å². The van der Waals surface area contributed by atoms with Crippen LogP contribution in [0.15, 0.2) is 53.3 Å². The van der Waals surface area contributed by atoms with Crippen LogP contribution < -0.4 is 5.56 Å². The normalized spacial score (nSPS) is 10.6. The van der Waals surface area contributed by atoms with E-state index in [2.05, 4.69) is 4.98 Å². The molecule has 114 valence electrons. The van der Waals surface area contributed by atoms with E-state index in [0.29, 0.717) is 16.5 Å². The number of para-hydroxylation sites is 1. The summed E-state index contributed by atoms with van der Waals surface area (Å²) in [4.78, 5) is 36.1. The van der Waals surface area contributed by atoms with Gasteiger partial charge in [-0.05, 0) is 23.8 Å². The maximum Gasteiger partial charge on any atom is 0.335 e. The molecular formula is C16H10N2O5. The molecule has 0 amide bonds. The van der Waals surface area contributed by atoms with Gasteiger partial charge in [0.25, 0.3) is 11.2 Å². The first kappa shape index (κ1) is 14.5. The van der Waals surface area contributed by atoms with Crippen molar-refractivity contribution in [1.29, 1.82) is 0 Å². The number of nitrogens with one attached hydrogen (secondary N) is 1. The number of non-ortho nitro benzene ring substituents is 1. The SMILES string of the molecule is O=C(O)c1ccc(-c2cc3cccc([N+](=O)[O-])c3[nH]c2=O)cc1. The van der Waals surface area contributed by atoms with Crippen LogP contribution in [0, 0.1) is 10.1 Å².